The predicted octanol–water partition coefficient (Wildman–Crippen LogP) is -0.626. The molecule has 0 aliphatic carbocycles. The number of nitrogens with zero attached hydrogens (tertiary/aromatic N) is 1. The van der Waals surface area contributed by atoms with Crippen LogP contribution in [0.25, 0.3) is 0 Å². The molecule has 0 radical (unpaired) electrons. The summed E-state index contributed by atoms with van der Waals surface area (Å²) in [6.07, 6.45) is 0. The largest absolute Gasteiger partial charge is 0.473 e. The molecule has 0 fully saturated rings. The maximum atomic E-state index is 11.8. The van der Waals surface area contributed by atoms with E-state index in [1.54, 1.807) is 0 Å². The summed E-state index contributed by atoms with van der Waals surface area (Å²) < 4.78 is 23.3. The van der Waals surface area contributed by atoms with Crippen molar-refractivity contribution >= 4 is 27.9 Å². The van der Waals surface area contributed by atoms with Gasteiger partial charge in [0, 0.05) is 0 Å². The van der Waals surface area contributed by atoms with Gasteiger partial charge in [0.25, 0.3) is 10.0 Å². The number of hydroxylamine groups is 1. The number of sulfonamides is 1. The summed E-state index contributed by atoms with van der Waals surface area (Å²) >= 11 is 0. The van der Waals surface area contributed by atoms with Crippen LogP contribution in [0, 0.1) is 0 Å². The highest BCUT2D eigenvalue weighted by atomic mass is 32.2. The van der Waals surface area contributed by atoms with E-state index in [9.17, 15) is 22.8 Å². The molecule has 1 N–H and O–H groups in total. The fourth-order valence-corrected chi connectivity index (χ4v) is 2.71. The van der Waals surface area contributed by atoms with Gasteiger partial charge in [-0.3, -0.25) is 4.79 Å². The van der Waals surface area contributed by atoms with Crippen molar-refractivity contribution in [2.45, 2.75) is 4.90 Å². The van der Waals surface area contributed by atoms with Crippen LogP contribution in [0.3, 0.4) is 0 Å². The first-order chi connectivity index (χ1) is 8.35. The van der Waals surface area contributed by atoms with Crippen LogP contribution in [0.2, 0.25) is 0 Å². The number of carboxylic acid groups (broad SMARTS) is 1. The summed E-state index contributed by atoms with van der Waals surface area (Å²) in [6, 6.07) is 5.18. The Kier molecular flexibility index (Phi) is 2.55. The van der Waals surface area contributed by atoms with Crippen LogP contribution < -0.4 is 0 Å². The minimum absolute atomic E-state index is 0.185. The van der Waals surface area contributed by atoms with Crippen LogP contribution in [-0.4, -0.2) is 35.8 Å². The van der Waals surface area contributed by atoms with Crippen molar-refractivity contribution in [2.75, 3.05) is 0 Å². The van der Waals surface area contributed by atoms with Crippen LogP contribution in [0.5, 0.6) is 0 Å². The number of carbonyl (C=O) groups is 3. The maximum Gasteiger partial charge on any atom is 0.442 e. The number of aliphatic carboxylic acids is 1. The first-order valence-electron chi connectivity index (χ1n) is 4.49. The molecule has 1 heterocycles. The average molecular weight is 271 g/mol. The van der Waals surface area contributed by atoms with Crippen molar-refractivity contribution in [3.8, 4) is 0 Å². The summed E-state index contributed by atoms with van der Waals surface area (Å²) in [5, 5.41) is 8.31. The number of rotatable bonds is 1. The van der Waals surface area contributed by atoms with Gasteiger partial charge in [-0.2, -0.15) is 8.42 Å². The van der Waals surface area contributed by atoms with E-state index in [1.165, 1.54) is 18.2 Å². The standard InChI is InChI=1S/C9H5NO7S/c11-7-5-3-1-2-4-6(5)18(15,16)10(7)17-9(14)8(12)13/h1-4H,(H,12,13). The van der Waals surface area contributed by atoms with Gasteiger partial charge in [-0.25, -0.2) is 9.59 Å². The van der Waals surface area contributed by atoms with E-state index in [0.717, 1.165) is 6.07 Å². The predicted molar refractivity (Wildman–Crippen MR) is 53.5 cm³/mol. The zero-order valence-electron chi connectivity index (χ0n) is 8.56. The first kappa shape index (κ1) is 12.0. The minimum Gasteiger partial charge on any atom is -0.473 e. The number of hydrogen-bond donors (Lipinski definition) is 1. The van der Waals surface area contributed by atoms with Gasteiger partial charge in [0.1, 0.15) is 4.90 Å². The lowest BCUT2D eigenvalue weighted by Crippen LogP contribution is -2.35. The van der Waals surface area contributed by atoms with Crippen molar-refractivity contribution in [1.29, 1.82) is 0 Å². The monoisotopic (exact) mass is 271 g/mol. The van der Waals surface area contributed by atoms with E-state index >= 15 is 0 Å². The Balaban J connectivity index is 2.46. The molecule has 1 aliphatic heterocycles. The van der Waals surface area contributed by atoms with Crippen molar-refractivity contribution < 1.29 is 32.7 Å². The van der Waals surface area contributed by atoms with Gasteiger partial charge in [0.2, 0.25) is 0 Å². The highest BCUT2D eigenvalue weighted by Crippen LogP contribution is 2.29. The van der Waals surface area contributed by atoms with Crippen LogP contribution >= 0.6 is 0 Å². The molecular formula is C9H5NO7S. The summed E-state index contributed by atoms with van der Waals surface area (Å²) in [7, 11) is -4.35. The van der Waals surface area contributed by atoms with Crippen LogP contribution in [0.15, 0.2) is 29.2 Å². The second-order valence-electron chi connectivity index (χ2n) is 3.22. The Morgan fingerprint density at radius 2 is 1.83 bits per heavy atom. The van der Waals surface area contributed by atoms with Gasteiger partial charge in [-0.1, -0.05) is 12.1 Å². The molecule has 2 rings (SSSR count). The van der Waals surface area contributed by atoms with E-state index in [4.69, 9.17) is 5.11 Å². The quantitative estimate of drug-likeness (QED) is 0.676. The third-order valence-electron chi connectivity index (χ3n) is 2.12. The SMILES string of the molecule is O=C(O)C(=O)ON1C(=O)c2ccccc2S1(=O)=O. The minimum atomic E-state index is -4.35. The van der Waals surface area contributed by atoms with Gasteiger partial charge in [0.05, 0.1) is 5.56 Å². The number of hydrogen-bond acceptors (Lipinski definition) is 6. The molecule has 1 aromatic carbocycles. The third-order valence-corrected chi connectivity index (χ3v) is 3.71. The summed E-state index contributed by atoms with van der Waals surface area (Å²) in [4.78, 5) is 36.4. The highest BCUT2D eigenvalue weighted by molar-refractivity contribution is 7.90. The number of fused-ring (bicyclic) bond motifs is 1. The smallest absolute Gasteiger partial charge is 0.442 e. The van der Waals surface area contributed by atoms with Crippen LogP contribution in [-0.2, 0) is 24.4 Å². The fourth-order valence-electron chi connectivity index (χ4n) is 1.37. The van der Waals surface area contributed by atoms with Crippen LogP contribution in [0.4, 0.5) is 0 Å². The molecule has 1 aliphatic rings. The van der Waals surface area contributed by atoms with Gasteiger partial charge in [-0.15, -0.1) is 0 Å². The molecule has 94 valence electrons. The Hall–Kier alpha value is -2.42. The van der Waals surface area contributed by atoms with E-state index in [1.807, 2.05) is 0 Å². The van der Waals surface area contributed by atoms with Crippen molar-refractivity contribution in [3.63, 3.8) is 0 Å². The number of carbonyl (C=O) groups excluding carboxylic acids is 2. The Morgan fingerprint density at radius 1 is 1.22 bits per heavy atom. The Labute approximate surface area is 100 Å². The second-order valence-corrected chi connectivity index (χ2v) is 4.94. The zero-order valence-corrected chi connectivity index (χ0v) is 9.38. The van der Waals surface area contributed by atoms with Gasteiger partial charge in [-0.05, 0) is 16.6 Å². The lowest BCUT2D eigenvalue weighted by atomic mass is 10.2. The molecule has 1 aromatic rings. The van der Waals surface area contributed by atoms with E-state index in [2.05, 4.69) is 4.84 Å². The zero-order chi connectivity index (χ0) is 13.5. The molecule has 0 spiro atoms. The summed E-state index contributed by atoms with van der Waals surface area (Å²) in [5.41, 5.74) is -0.185. The number of benzene rings is 1. The molecular weight excluding hydrogens is 266 g/mol. The molecule has 0 unspecified atom stereocenters. The van der Waals surface area contributed by atoms with E-state index in [-0.39, 0.29) is 14.9 Å². The van der Waals surface area contributed by atoms with Crippen molar-refractivity contribution in [1.82, 2.24) is 4.47 Å². The van der Waals surface area contributed by atoms with E-state index < -0.39 is 27.9 Å². The molecule has 0 saturated heterocycles. The molecule has 0 atom stereocenters. The fraction of sp³-hybridized carbons (Fsp3) is 0. The number of carboxylic acids is 1. The van der Waals surface area contributed by atoms with Gasteiger partial charge in [0.15, 0.2) is 0 Å². The lowest BCUT2D eigenvalue weighted by molar-refractivity contribution is -0.176. The molecule has 0 saturated carbocycles. The highest BCUT2D eigenvalue weighted by Gasteiger charge is 2.45. The molecule has 0 aromatic heterocycles. The number of amides is 1. The van der Waals surface area contributed by atoms with Crippen molar-refractivity contribution in [3.05, 3.63) is 29.8 Å². The molecule has 8 nitrogen and oxygen atoms in total. The Morgan fingerprint density at radius 3 is 2.39 bits per heavy atom. The van der Waals surface area contributed by atoms with E-state index in [0.29, 0.717) is 0 Å². The van der Waals surface area contributed by atoms with Gasteiger partial charge >= 0.3 is 17.8 Å². The van der Waals surface area contributed by atoms with Gasteiger partial charge < -0.3 is 9.94 Å². The average Bonchev–Trinajstić information content (AvgIpc) is 2.51. The third kappa shape index (κ3) is 1.61. The molecule has 1 amide bonds. The Bertz CT molecular complexity index is 663. The maximum absolute atomic E-state index is 11.8. The summed E-state index contributed by atoms with van der Waals surface area (Å²) in [6.45, 7) is 0. The van der Waals surface area contributed by atoms with Crippen LogP contribution in [0.1, 0.15) is 10.4 Å². The normalized spacial score (nSPS) is 16.2. The molecule has 0 bridgehead atoms. The van der Waals surface area contributed by atoms with Crippen molar-refractivity contribution in [2.24, 2.45) is 0 Å². The lowest BCUT2D eigenvalue weighted by Gasteiger charge is -2.11. The molecule has 9 heteroatoms. The topological polar surface area (TPSA) is 118 Å². The summed E-state index contributed by atoms with van der Waals surface area (Å²) in [5.74, 6) is -4.98. The first-order valence-corrected chi connectivity index (χ1v) is 5.93. The molecule has 18 heavy (non-hydrogen) atoms. The second kappa shape index (κ2) is 3.81.